The van der Waals surface area contributed by atoms with Gasteiger partial charge in [-0.25, -0.2) is 5.10 Å². The third-order valence-corrected chi connectivity index (χ3v) is 5.34. The normalized spacial score (nSPS) is 15.6. The molecule has 1 saturated heterocycles. The first-order valence-corrected chi connectivity index (χ1v) is 8.65. The second-order valence-corrected chi connectivity index (χ2v) is 7.18. The number of hydrogen-bond acceptors (Lipinski definition) is 4. The number of carbonyl (C=O) groups is 1. The predicted molar refractivity (Wildman–Crippen MR) is 91.1 cm³/mol. The minimum absolute atomic E-state index is 0.129. The number of aromatic nitrogens is 2. The molecule has 1 fully saturated rings. The van der Waals surface area contributed by atoms with Gasteiger partial charge in [0.25, 0.3) is 11.5 Å². The largest absolute Gasteiger partial charge is 0.337 e. The molecule has 23 heavy (non-hydrogen) atoms. The zero-order valence-electron chi connectivity index (χ0n) is 12.4. The molecule has 1 aliphatic heterocycles. The van der Waals surface area contributed by atoms with Crippen LogP contribution in [0.25, 0.3) is 0 Å². The number of benzene rings is 1. The van der Waals surface area contributed by atoms with Gasteiger partial charge in [0.2, 0.25) is 0 Å². The minimum Gasteiger partial charge on any atom is -0.337 e. The van der Waals surface area contributed by atoms with Crippen molar-refractivity contribution in [3.63, 3.8) is 0 Å². The van der Waals surface area contributed by atoms with Gasteiger partial charge in [0.05, 0.1) is 0 Å². The fraction of sp³-hybridized carbons (Fsp3) is 0.312. The summed E-state index contributed by atoms with van der Waals surface area (Å²) in [5, 5.41) is 7.33. The molecule has 0 spiro atoms. The van der Waals surface area contributed by atoms with Gasteiger partial charge in [0, 0.05) is 34.3 Å². The molecule has 1 N–H and O–H groups in total. The summed E-state index contributed by atoms with van der Waals surface area (Å²) in [5.41, 5.74) is -0.0203. The molecule has 0 atom stereocenters. The third kappa shape index (κ3) is 4.14. The van der Waals surface area contributed by atoms with Crippen LogP contribution in [0.5, 0.6) is 0 Å². The van der Waals surface area contributed by atoms with Crippen molar-refractivity contribution in [2.45, 2.75) is 23.0 Å². The van der Waals surface area contributed by atoms with E-state index in [9.17, 15) is 9.59 Å². The Hall–Kier alpha value is -1.79. The van der Waals surface area contributed by atoms with Gasteiger partial charge < -0.3 is 4.90 Å². The number of carbonyl (C=O) groups excluding carboxylic acids is 1. The second-order valence-electron chi connectivity index (χ2n) is 5.37. The Kier molecular flexibility index (Phi) is 5.03. The van der Waals surface area contributed by atoms with Crippen LogP contribution in [0.1, 0.15) is 23.3 Å². The molecule has 7 heteroatoms. The molecule has 0 radical (unpaired) electrons. The van der Waals surface area contributed by atoms with Crippen molar-refractivity contribution >= 4 is 29.3 Å². The zero-order valence-corrected chi connectivity index (χ0v) is 13.9. The quantitative estimate of drug-likeness (QED) is 0.925. The Bertz CT molecular complexity index is 719. The number of piperidine rings is 1. The van der Waals surface area contributed by atoms with E-state index in [1.165, 1.54) is 17.0 Å². The van der Waals surface area contributed by atoms with E-state index < -0.39 is 0 Å². The number of hydrogen-bond donors (Lipinski definition) is 1. The van der Waals surface area contributed by atoms with E-state index in [1.54, 1.807) is 4.90 Å². The van der Waals surface area contributed by atoms with Crippen LogP contribution in [-0.4, -0.2) is 39.3 Å². The number of halogens is 1. The van der Waals surface area contributed by atoms with Crippen LogP contribution < -0.4 is 5.56 Å². The molecule has 1 aromatic heterocycles. The fourth-order valence-corrected chi connectivity index (χ4v) is 3.76. The number of aromatic amines is 1. The highest BCUT2D eigenvalue weighted by Gasteiger charge is 2.25. The number of rotatable bonds is 3. The Balaban J connectivity index is 1.55. The van der Waals surface area contributed by atoms with Gasteiger partial charge in [-0.3, -0.25) is 9.59 Å². The van der Waals surface area contributed by atoms with E-state index in [0.717, 1.165) is 17.9 Å². The molecule has 2 heterocycles. The lowest BCUT2D eigenvalue weighted by Crippen LogP contribution is -2.39. The summed E-state index contributed by atoms with van der Waals surface area (Å²) in [6.07, 6.45) is 1.87. The van der Waals surface area contributed by atoms with E-state index in [-0.39, 0.29) is 17.2 Å². The summed E-state index contributed by atoms with van der Waals surface area (Å²) >= 11 is 7.72. The third-order valence-electron chi connectivity index (χ3n) is 3.74. The van der Waals surface area contributed by atoms with E-state index in [2.05, 4.69) is 10.2 Å². The highest BCUT2D eigenvalue weighted by atomic mass is 35.5. The Morgan fingerprint density at radius 3 is 2.48 bits per heavy atom. The van der Waals surface area contributed by atoms with Crippen molar-refractivity contribution in [2.24, 2.45) is 0 Å². The van der Waals surface area contributed by atoms with Gasteiger partial charge in [-0.15, -0.1) is 11.8 Å². The smallest absolute Gasteiger partial charge is 0.274 e. The van der Waals surface area contributed by atoms with Crippen molar-refractivity contribution in [3.05, 3.63) is 57.5 Å². The van der Waals surface area contributed by atoms with Gasteiger partial charge in [0.15, 0.2) is 0 Å². The Morgan fingerprint density at radius 1 is 1.17 bits per heavy atom. The monoisotopic (exact) mass is 349 g/mol. The number of nitrogens with zero attached hydrogens (tertiary/aromatic N) is 2. The van der Waals surface area contributed by atoms with Gasteiger partial charge >= 0.3 is 0 Å². The van der Waals surface area contributed by atoms with Crippen LogP contribution in [0.2, 0.25) is 5.02 Å². The lowest BCUT2D eigenvalue weighted by Gasteiger charge is -2.31. The summed E-state index contributed by atoms with van der Waals surface area (Å²) < 4.78 is 0. The highest BCUT2D eigenvalue weighted by molar-refractivity contribution is 8.00. The Labute approximate surface area is 143 Å². The van der Waals surface area contributed by atoms with Gasteiger partial charge in [-0.1, -0.05) is 11.6 Å². The summed E-state index contributed by atoms with van der Waals surface area (Å²) in [4.78, 5) is 26.3. The molecule has 120 valence electrons. The topological polar surface area (TPSA) is 66.1 Å². The van der Waals surface area contributed by atoms with Crippen LogP contribution in [0.4, 0.5) is 0 Å². The maximum Gasteiger partial charge on any atom is 0.274 e. The standard InChI is InChI=1S/C16H16ClN3O2S/c17-11-1-3-12(4-2-11)23-13-7-9-20(10-8-13)16(22)14-5-6-15(21)19-18-14/h1-6,13H,7-10H2,(H,19,21). The highest BCUT2D eigenvalue weighted by Crippen LogP contribution is 2.31. The number of H-pyrrole nitrogens is 1. The predicted octanol–water partition coefficient (Wildman–Crippen LogP) is 2.82. The number of likely N-dealkylation sites (tertiary alicyclic amines) is 1. The molecule has 3 rings (SSSR count). The van der Waals surface area contributed by atoms with Gasteiger partial charge in [-0.2, -0.15) is 5.10 Å². The molecule has 0 bridgehead atoms. The van der Waals surface area contributed by atoms with Crippen molar-refractivity contribution in [2.75, 3.05) is 13.1 Å². The van der Waals surface area contributed by atoms with Gasteiger partial charge in [-0.05, 0) is 43.2 Å². The summed E-state index contributed by atoms with van der Waals surface area (Å²) in [6, 6.07) is 10.6. The molecule has 5 nitrogen and oxygen atoms in total. The number of amides is 1. The van der Waals surface area contributed by atoms with Crippen molar-refractivity contribution in [1.29, 1.82) is 0 Å². The van der Waals surface area contributed by atoms with Crippen molar-refractivity contribution < 1.29 is 4.79 Å². The molecule has 0 unspecified atom stereocenters. The average Bonchev–Trinajstić information content (AvgIpc) is 2.58. The van der Waals surface area contributed by atoms with Crippen molar-refractivity contribution in [3.8, 4) is 0 Å². The minimum atomic E-state index is -0.306. The molecular formula is C16H16ClN3O2S. The van der Waals surface area contributed by atoms with Gasteiger partial charge in [0.1, 0.15) is 5.69 Å². The number of nitrogens with one attached hydrogen (secondary N) is 1. The van der Waals surface area contributed by atoms with Crippen LogP contribution in [0, 0.1) is 0 Å². The molecular weight excluding hydrogens is 334 g/mol. The molecule has 0 saturated carbocycles. The van der Waals surface area contributed by atoms with Crippen LogP contribution in [0.15, 0.2) is 46.1 Å². The molecule has 1 aromatic carbocycles. The molecule has 1 amide bonds. The maximum absolute atomic E-state index is 12.3. The van der Waals surface area contributed by atoms with E-state index in [1.807, 2.05) is 36.0 Å². The summed E-state index contributed by atoms with van der Waals surface area (Å²) in [5.74, 6) is -0.129. The zero-order chi connectivity index (χ0) is 16.2. The van der Waals surface area contributed by atoms with Crippen LogP contribution in [-0.2, 0) is 0 Å². The first kappa shape index (κ1) is 16.1. The maximum atomic E-state index is 12.3. The summed E-state index contributed by atoms with van der Waals surface area (Å²) in [7, 11) is 0. The number of thioether (sulfide) groups is 1. The van der Waals surface area contributed by atoms with E-state index in [4.69, 9.17) is 11.6 Å². The van der Waals surface area contributed by atoms with E-state index >= 15 is 0 Å². The first-order valence-electron chi connectivity index (χ1n) is 7.39. The Morgan fingerprint density at radius 2 is 1.87 bits per heavy atom. The summed E-state index contributed by atoms with van der Waals surface area (Å²) in [6.45, 7) is 1.40. The molecule has 1 aliphatic rings. The average molecular weight is 350 g/mol. The lowest BCUT2D eigenvalue weighted by atomic mass is 10.1. The molecule has 2 aromatic rings. The van der Waals surface area contributed by atoms with Crippen molar-refractivity contribution in [1.82, 2.24) is 15.1 Å². The SMILES string of the molecule is O=C(c1ccc(=O)[nH]n1)N1CCC(Sc2ccc(Cl)cc2)CC1. The second kappa shape index (κ2) is 7.19. The first-order chi connectivity index (χ1) is 11.1. The fourth-order valence-electron chi connectivity index (χ4n) is 2.51. The lowest BCUT2D eigenvalue weighted by molar-refractivity contribution is 0.0720. The van der Waals surface area contributed by atoms with Crippen LogP contribution >= 0.6 is 23.4 Å². The van der Waals surface area contributed by atoms with E-state index in [0.29, 0.717) is 18.3 Å². The molecule has 0 aliphatic carbocycles. The van der Waals surface area contributed by atoms with Crippen LogP contribution in [0.3, 0.4) is 0 Å².